The fraction of sp³-hybridized carbons (Fsp3) is 0.346. The molecular formula is C26H27ClN6S. The van der Waals surface area contributed by atoms with Gasteiger partial charge in [0.05, 0.1) is 21.3 Å². The van der Waals surface area contributed by atoms with E-state index < -0.39 is 0 Å². The minimum absolute atomic E-state index is 0.334. The number of nitrogen functional groups attached to an aromatic ring is 1. The molecule has 6 nitrogen and oxygen atoms in total. The Labute approximate surface area is 208 Å². The summed E-state index contributed by atoms with van der Waals surface area (Å²) in [5.74, 6) is 1.31. The van der Waals surface area contributed by atoms with Gasteiger partial charge in [-0.05, 0) is 62.1 Å². The first-order valence-electron chi connectivity index (χ1n) is 11.7. The minimum atomic E-state index is 0.334. The van der Waals surface area contributed by atoms with Crippen molar-refractivity contribution in [1.82, 2.24) is 19.4 Å². The second-order valence-electron chi connectivity index (χ2n) is 9.62. The molecule has 1 aliphatic carbocycles. The fourth-order valence-electron chi connectivity index (χ4n) is 5.51. The minimum Gasteiger partial charge on any atom is -0.382 e. The molecule has 0 atom stereocenters. The molecule has 4 heterocycles. The predicted molar refractivity (Wildman–Crippen MR) is 138 cm³/mol. The van der Waals surface area contributed by atoms with Gasteiger partial charge in [-0.2, -0.15) is 0 Å². The van der Waals surface area contributed by atoms with Crippen LogP contribution in [0.25, 0.3) is 5.65 Å². The molecule has 2 N–H and O–H groups in total. The Hall–Kier alpha value is -2.77. The van der Waals surface area contributed by atoms with Gasteiger partial charge in [0.25, 0.3) is 0 Å². The van der Waals surface area contributed by atoms with E-state index in [4.69, 9.17) is 27.3 Å². The molecule has 0 radical (unpaired) electrons. The summed E-state index contributed by atoms with van der Waals surface area (Å²) in [5, 5.41) is 0.469. The topological polar surface area (TPSA) is 72.3 Å². The Morgan fingerprint density at radius 1 is 1.03 bits per heavy atom. The van der Waals surface area contributed by atoms with Crippen molar-refractivity contribution in [2.75, 3.05) is 23.7 Å². The van der Waals surface area contributed by atoms with Gasteiger partial charge >= 0.3 is 0 Å². The third-order valence-corrected chi connectivity index (χ3v) is 9.04. The van der Waals surface area contributed by atoms with Crippen LogP contribution in [0.3, 0.4) is 0 Å². The van der Waals surface area contributed by atoms with Gasteiger partial charge in [-0.15, -0.1) is 0 Å². The quantitative estimate of drug-likeness (QED) is 0.408. The first-order valence-corrected chi connectivity index (χ1v) is 12.9. The molecule has 34 heavy (non-hydrogen) atoms. The molecule has 0 amide bonds. The monoisotopic (exact) mass is 490 g/mol. The van der Waals surface area contributed by atoms with E-state index in [-0.39, 0.29) is 0 Å². The van der Waals surface area contributed by atoms with Crippen molar-refractivity contribution in [3.05, 3.63) is 70.3 Å². The van der Waals surface area contributed by atoms with Crippen LogP contribution in [0.2, 0.25) is 5.02 Å². The lowest BCUT2D eigenvalue weighted by molar-refractivity contribution is 0.231. The number of rotatable bonds is 3. The van der Waals surface area contributed by atoms with Gasteiger partial charge in [-0.3, -0.25) is 4.40 Å². The van der Waals surface area contributed by atoms with Crippen molar-refractivity contribution < 1.29 is 0 Å². The van der Waals surface area contributed by atoms with Crippen LogP contribution in [0.15, 0.2) is 52.5 Å². The first kappa shape index (κ1) is 21.7. The number of halogens is 1. The van der Waals surface area contributed by atoms with Gasteiger partial charge in [0.15, 0.2) is 5.65 Å². The Morgan fingerprint density at radius 3 is 2.44 bits per heavy atom. The summed E-state index contributed by atoms with van der Waals surface area (Å²) < 4.78 is 2.14. The lowest BCUT2D eigenvalue weighted by atomic mass is 9.76. The summed E-state index contributed by atoms with van der Waals surface area (Å²) in [4.78, 5) is 18.3. The van der Waals surface area contributed by atoms with E-state index in [1.807, 2.05) is 19.9 Å². The average molecular weight is 491 g/mol. The van der Waals surface area contributed by atoms with Gasteiger partial charge < -0.3 is 10.6 Å². The number of aryl methyl sites for hydroxylation is 2. The summed E-state index contributed by atoms with van der Waals surface area (Å²) in [6.45, 7) is 6.09. The smallest absolute Gasteiger partial charge is 0.211 e. The molecule has 1 aromatic carbocycles. The third kappa shape index (κ3) is 3.62. The summed E-state index contributed by atoms with van der Waals surface area (Å²) >= 11 is 7.98. The van der Waals surface area contributed by atoms with E-state index in [1.54, 1.807) is 18.0 Å². The number of piperidine rings is 1. The van der Waals surface area contributed by atoms with Crippen molar-refractivity contribution in [2.24, 2.45) is 5.41 Å². The molecule has 0 unspecified atom stereocenters. The maximum atomic E-state index is 6.43. The van der Waals surface area contributed by atoms with E-state index in [0.29, 0.717) is 16.3 Å². The standard InChI is InChI=1S/C26H27ClN6S/c1-16-15-33-24(30-16)22(34-20-7-10-29-23(28)21(20)27)17(2)31-25(33)32-11-8-26(9-12-32)13-18-5-3-4-6-19(18)14-26/h3-7,10,15H,8-9,11-14H2,1-2H3,(H2,28,29). The number of imidazole rings is 1. The maximum Gasteiger partial charge on any atom is 0.211 e. The Morgan fingerprint density at radius 2 is 1.74 bits per heavy atom. The van der Waals surface area contributed by atoms with Crippen molar-refractivity contribution in [2.45, 2.75) is 49.3 Å². The van der Waals surface area contributed by atoms with Crippen molar-refractivity contribution in [1.29, 1.82) is 0 Å². The van der Waals surface area contributed by atoms with Crippen LogP contribution < -0.4 is 10.6 Å². The normalized spacial score (nSPS) is 17.0. The van der Waals surface area contributed by atoms with Crippen LogP contribution in [0.4, 0.5) is 11.8 Å². The van der Waals surface area contributed by atoms with Crippen molar-refractivity contribution in [3.8, 4) is 0 Å². The molecular weight excluding hydrogens is 464 g/mol. The lowest BCUT2D eigenvalue weighted by Crippen LogP contribution is -2.41. The van der Waals surface area contributed by atoms with Crippen molar-refractivity contribution in [3.63, 3.8) is 0 Å². The molecule has 3 aromatic heterocycles. The molecule has 174 valence electrons. The molecule has 4 aromatic rings. The van der Waals surface area contributed by atoms with Gasteiger partial charge in [0.2, 0.25) is 5.95 Å². The second kappa shape index (κ2) is 8.17. The van der Waals surface area contributed by atoms with Gasteiger partial charge in [0, 0.05) is 30.4 Å². The average Bonchev–Trinajstić information content (AvgIpc) is 3.39. The van der Waals surface area contributed by atoms with Gasteiger partial charge in [-0.1, -0.05) is 47.6 Å². The number of fused-ring (bicyclic) bond motifs is 2. The number of nitrogens with two attached hydrogens (primary N) is 1. The number of nitrogens with zero attached hydrogens (tertiary/aromatic N) is 5. The molecule has 6 rings (SSSR count). The van der Waals surface area contributed by atoms with E-state index in [1.165, 1.54) is 36.8 Å². The number of anilines is 2. The summed E-state index contributed by atoms with van der Waals surface area (Å²) in [6.07, 6.45) is 8.53. The summed E-state index contributed by atoms with van der Waals surface area (Å²) in [6, 6.07) is 10.8. The van der Waals surface area contributed by atoms with Crippen LogP contribution in [0.1, 0.15) is 35.4 Å². The summed E-state index contributed by atoms with van der Waals surface area (Å²) in [5.41, 5.74) is 12.2. The second-order valence-corrected chi connectivity index (χ2v) is 11.1. The molecule has 0 saturated carbocycles. The van der Waals surface area contributed by atoms with Crippen LogP contribution >= 0.6 is 23.4 Å². The molecule has 1 aliphatic heterocycles. The van der Waals surface area contributed by atoms with Crippen LogP contribution in [-0.2, 0) is 12.8 Å². The maximum absolute atomic E-state index is 6.43. The Bertz CT molecular complexity index is 1380. The highest BCUT2D eigenvalue weighted by atomic mass is 35.5. The Balaban J connectivity index is 1.31. The fourth-order valence-corrected chi connectivity index (χ4v) is 6.71. The number of hydrogen-bond acceptors (Lipinski definition) is 6. The van der Waals surface area contributed by atoms with Crippen LogP contribution in [0, 0.1) is 19.3 Å². The number of pyridine rings is 1. The van der Waals surface area contributed by atoms with Crippen LogP contribution in [0.5, 0.6) is 0 Å². The molecule has 1 fully saturated rings. The zero-order chi connectivity index (χ0) is 23.4. The Kier molecular flexibility index (Phi) is 5.22. The van der Waals surface area contributed by atoms with E-state index in [9.17, 15) is 0 Å². The first-order chi connectivity index (χ1) is 16.4. The highest BCUT2D eigenvalue weighted by molar-refractivity contribution is 7.99. The SMILES string of the molecule is Cc1cn2c(N3CCC4(CC3)Cc3ccccc3C4)nc(C)c(Sc3ccnc(N)c3Cl)c2n1. The summed E-state index contributed by atoms with van der Waals surface area (Å²) in [7, 11) is 0. The highest BCUT2D eigenvalue weighted by Crippen LogP contribution is 2.45. The largest absolute Gasteiger partial charge is 0.382 e. The number of benzene rings is 1. The number of aromatic nitrogens is 4. The zero-order valence-electron chi connectivity index (χ0n) is 19.4. The van der Waals surface area contributed by atoms with Crippen LogP contribution in [-0.4, -0.2) is 32.4 Å². The molecule has 1 saturated heterocycles. The van der Waals surface area contributed by atoms with Crippen molar-refractivity contribution >= 4 is 40.8 Å². The van der Waals surface area contributed by atoms with E-state index in [2.05, 4.69) is 44.7 Å². The van der Waals surface area contributed by atoms with E-state index in [0.717, 1.165) is 45.9 Å². The molecule has 1 spiro atoms. The highest BCUT2D eigenvalue weighted by Gasteiger charge is 2.40. The lowest BCUT2D eigenvalue weighted by Gasteiger charge is -2.40. The molecule has 8 heteroatoms. The molecule has 2 aliphatic rings. The number of hydrogen-bond donors (Lipinski definition) is 1. The zero-order valence-corrected chi connectivity index (χ0v) is 21.0. The third-order valence-electron chi connectivity index (χ3n) is 7.29. The van der Waals surface area contributed by atoms with Gasteiger partial charge in [0.1, 0.15) is 5.82 Å². The predicted octanol–water partition coefficient (Wildman–Crippen LogP) is 5.51. The molecule has 0 bridgehead atoms. The van der Waals surface area contributed by atoms with E-state index >= 15 is 0 Å². The van der Waals surface area contributed by atoms with Gasteiger partial charge in [-0.25, -0.2) is 15.0 Å².